The molecule has 2 rings (SSSR count). The minimum absolute atomic E-state index is 0.500. The van der Waals surface area contributed by atoms with Crippen LogP contribution in [0.15, 0.2) is 18.2 Å². The van der Waals surface area contributed by atoms with Gasteiger partial charge in [-0.05, 0) is 18.6 Å². The van der Waals surface area contributed by atoms with Gasteiger partial charge in [0.2, 0.25) is 0 Å². The molecule has 1 heterocycles. The first-order valence-electron chi connectivity index (χ1n) is 4.25. The van der Waals surface area contributed by atoms with Crippen LogP contribution in [0.5, 0.6) is 0 Å². The molecule has 1 N–H and O–H groups in total. The predicted molar refractivity (Wildman–Crippen MR) is 53.0 cm³/mol. The smallest absolute Gasteiger partial charge is 0.0640 e. The van der Waals surface area contributed by atoms with E-state index in [-0.39, 0.29) is 0 Å². The predicted octanol–water partition coefficient (Wildman–Crippen LogP) is 3.26. The molecule has 0 aromatic heterocycles. The lowest BCUT2D eigenvalue weighted by atomic mass is 9.99. The van der Waals surface area contributed by atoms with Gasteiger partial charge in [0.05, 0.1) is 10.7 Å². The van der Waals surface area contributed by atoms with Gasteiger partial charge in [-0.1, -0.05) is 30.7 Å². The van der Waals surface area contributed by atoms with Crippen molar-refractivity contribution in [2.45, 2.75) is 25.8 Å². The number of hydrogen-bond donors (Lipinski definition) is 1. The molecule has 0 bridgehead atoms. The van der Waals surface area contributed by atoms with Crippen LogP contribution in [0.2, 0.25) is 5.02 Å². The first-order valence-corrected chi connectivity index (χ1v) is 4.63. The maximum atomic E-state index is 6.04. The zero-order valence-corrected chi connectivity index (χ0v) is 8.02. The molecule has 0 saturated heterocycles. The first kappa shape index (κ1) is 7.93. The monoisotopic (exact) mass is 181 g/mol. The summed E-state index contributed by atoms with van der Waals surface area (Å²) in [5, 5.41) is 4.22. The number of anilines is 1. The molecule has 0 saturated carbocycles. The molecule has 1 nitrogen and oxygen atoms in total. The van der Waals surface area contributed by atoms with Crippen molar-refractivity contribution in [1.82, 2.24) is 0 Å². The lowest BCUT2D eigenvalue weighted by Gasteiger charge is -2.08. The van der Waals surface area contributed by atoms with Gasteiger partial charge in [-0.2, -0.15) is 0 Å². The van der Waals surface area contributed by atoms with Gasteiger partial charge in [0.15, 0.2) is 0 Å². The van der Waals surface area contributed by atoms with E-state index < -0.39 is 0 Å². The van der Waals surface area contributed by atoms with Crippen molar-refractivity contribution in [1.29, 1.82) is 0 Å². The largest absolute Gasteiger partial charge is 0.381 e. The van der Waals surface area contributed by atoms with Crippen molar-refractivity contribution < 1.29 is 0 Å². The Bertz CT molecular complexity index is 309. The highest BCUT2D eigenvalue weighted by Gasteiger charge is 2.26. The van der Waals surface area contributed by atoms with Gasteiger partial charge in [0, 0.05) is 12.0 Å². The van der Waals surface area contributed by atoms with Crippen molar-refractivity contribution in [3.8, 4) is 0 Å². The molecule has 2 unspecified atom stereocenters. The molecule has 1 aromatic rings. The van der Waals surface area contributed by atoms with Crippen molar-refractivity contribution in [2.24, 2.45) is 0 Å². The fraction of sp³-hybridized carbons (Fsp3) is 0.400. The Morgan fingerprint density at radius 2 is 2.08 bits per heavy atom. The van der Waals surface area contributed by atoms with Gasteiger partial charge in [0.1, 0.15) is 0 Å². The lowest BCUT2D eigenvalue weighted by molar-refractivity contribution is 0.690. The molecular weight excluding hydrogens is 170 g/mol. The van der Waals surface area contributed by atoms with Crippen molar-refractivity contribution in [3.05, 3.63) is 28.8 Å². The highest BCUT2D eigenvalue weighted by molar-refractivity contribution is 6.33. The van der Waals surface area contributed by atoms with E-state index in [1.165, 1.54) is 5.56 Å². The number of para-hydroxylation sites is 1. The fourth-order valence-corrected chi connectivity index (χ4v) is 1.93. The van der Waals surface area contributed by atoms with Crippen LogP contribution in [0.1, 0.15) is 25.3 Å². The zero-order chi connectivity index (χ0) is 8.72. The van der Waals surface area contributed by atoms with Crippen LogP contribution in [0, 0.1) is 0 Å². The van der Waals surface area contributed by atoms with Crippen LogP contribution in [0.3, 0.4) is 0 Å². The molecule has 2 heteroatoms. The molecule has 0 aliphatic carbocycles. The summed E-state index contributed by atoms with van der Waals surface area (Å²) >= 11 is 6.04. The Balaban J connectivity index is 2.53. The van der Waals surface area contributed by atoms with E-state index in [0.29, 0.717) is 12.0 Å². The summed E-state index contributed by atoms with van der Waals surface area (Å²) in [6.07, 6.45) is 0. The third kappa shape index (κ3) is 1.00. The van der Waals surface area contributed by atoms with E-state index in [1.54, 1.807) is 0 Å². The van der Waals surface area contributed by atoms with Crippen LogP contribution in [0.4, 0.5) is 5.69 Å². The second-order valence-corrected chi connectivity index (χ2v) is 3.83. The van der Waals surface area contributed by atoms with Gasteiger partial charge < -0.3 is 5.32 Å². The minimum Gasteiger partial charge on any atom is -0.381 e. The Hall–Kier alpha value is -0.690. The van der Waals surface area contributed by atoms with Crippen LogP contribution >= 0.6 is 11.6 Å². The Labute approximate surface area is 77.7 Å². The topological polar surface area (TPSA) is 12.0 Å². The molecule has 12 heavy (non-hydrogen) atoms. The van der Waals surface area contributed by atoms with E-state index in [2.05, 4.69) is 25.2 Å². The summed E-state index contributed by atoms with van der Waals surface area (Å²) in [5.74, 6) is 0.568. The molecule has 0 amide bonds. The number of nitrogens with one attached hydrogen (secondary N) is 1. The van der Waals surface area contributed by atoms with E-state index in [4.69, 9.17) is 11.6 Å². The summed E-state index contributed by atoms with van der Waals surface area (Å²) in [7, 11) is 0. The lowest BCUT2D eigenvalue weighted by Crippen LogP contribution is -2.12. The fourth-order valence-electron chi connectivity index (χ4n) is 1.69. The summed E-state index contributed by atoms with van der Waals surface area (Å²) in [5.41, 5.74) is 2.47. The number of rotatable bonds is 0. The average Bonchev–Trinajstić information content (AvgIpc) is 2.32. The van der Waals surface area contributed by atoms with E-state index in [1.807, 2.05) is 12.1 Å². The molecule has 0 radical (unpaired) electrons. The Morgan fingerprint density at radius 3 is 2.75 bits per heavy atom. The van der Waals surface area contributed by atoms with Gasteiger partial charge in [-0.15, -0.1) is 0 Å². The van der Waals surface area contributed by atoms with Gasteiger partial charge in [0.25, 0.3) is 0 Å². The quantitative estimate of drug-likeness (QED) is 0.648. The van der Waals surface area contributed by atoms with Crippen molar-refractivity contribution in [2.75, 3.05) is 5.32 Å². The minimum atomic E-state index is 0.500. The second kappa shape index (κ2) is 2.67. The number of fused-ring (bicyclic) bond motifs is 1. The normalized spacial score (nSPS) is 26.6. The molecule has 1 aromatic carbocycles. The molecule has 0 spiro atoms. The number of hydrogen-bond acceptors (Lipinski definition) is 1. The molecule has 1 aliphatic rings. The molecular formula is C10H12ClN. The van der Waals surface area contributed by atoms with E-state index in [9.17, 15) is 0 Å². The maximum Gasteiger partial charge on any atom is 0.0640 e. The number of halogens is 1. The Morgan fingerprint density at radius 1 is 1.33 bits per heavy atom. The third-order valence-electron chi connectivity index (χ3n) is 2.66. The Kier molecular flexibility index (Phi) is 1.76. The summed E-state index contributed by atoms with van der Waals surface area (Å²) in [6.45, 7) is 4.40. The van der Waals surface area contributed by atoms with Crippen LogP contribution in [-0.4, -0.2) is 6.04 Å². The highest BCUT2D eigenvalue weighted by Crippen LogP contribution is 2.39. The van der Waals surface area contributed by atoms with Gasteiger partial charge >= 0.3 is 0 Å². The van der Waals surface area contributed by atoms with Crippen LogP contribution in [-0.2, 0) is 0 Å². The van der Waals surface area contributed by atoms with Crippen molar-refractivity contribution >= 4 is 17.3 Å². The summed E-state index contributed by atoms with van der Waals surface area (Å²) < 4.78 is 0. The van der Waals surface area contributed by atoms with Gasteiger partial charge in [-0.25, -0.2) is 0 Å². The molecule has 2 atom stereocenters. The van der Waals surface area contributed by atoms with Crippen LogP contribution < -0.4 is 5.32 Å². The van der Waals surface area contributed by atoms with Crippen LogP contribution in [0.25, 0.3) is 0 Å². The second-order valence-electron chi connectivity index (χ2n) is 3.43. The van der Waals surface area contributed by atoms with E-state index >= 15 is 0 Å². The molecule has 1 aliphatic heterocycles. The standard InChI is InChI=1S/C10H12ClN/c1-6-7(2)12-10-8(6)4-3-5-9(10)11/h3-7,12H,1-2H3. The highest BCUT2D eigenvalue weighted by atomic mass is 35.5. The average molecular weight is 182 g/mol. The molecule has 0 fully saturated rings. The third-order valence-corrected chi connectivity index (χ3v) is 2.97. The first-order chi connectivity index (χ1) is 5.70. The number of benzene rings is 1. The van der Waals surface area contributed by atoms with Gasteiger partial charge in [-0.3, -0.25) is 0 Å². The molecule has 64 valence electrons. The summed E-state index contributed by atoms with van der Waals surface area (Å²) in [4.78, 5) is 0. The van der Waals surface area contributed by atoms with Crippen molar-refractivity contribution in [3.63, 3.8) is 0 Å². The summed E-state index contributed by atoms with van der Waals surface area (Å²) in [6, 6.07) is 6.58. The maximum absolute atomic E-state index is 6.04. The van der Waals surface area contributed by atoms with E-state index in [0.717, 1.165) is 10.7 Å². The zero-order valence-electron chi connectivity index (χ0n) is 7.26. The SMILES string of the molecule is CC1Nc2c(Cl)cccc2C1C.